The zero-order chi connectivity index (χ0) is 58.9. The number of aromatic carboxylic acids is 1. The Morgan fingerprint density at radius 3 is 1.60 bits per heavy atom. The lowest BCUT2D eigenvalue weighted by Crippen LogP contribution is -2.57. The molecule has 0 saturated carbocycles. The Balaban J connectivity index is 1.49. The summed E-state index contributed by atoms with van der Waals surface area (Å²) in [6.45, 7) is 7.77. The summed E-state index contributed by atoms with van der Waals surface area (Å²) in [6.07, 6.45) is 8.41. The van der Waals surface area contributed by atoms with Crippen LogP contribution in [-0.2, 0) is 39.2 Å². The lowest BCUT2D eigenvalue weighted by molar-refractivity contribution is -0.883. The van der Waals surface area contributed by atoms with Crippen LogP contribution in [0.3, 0.4) is 0 Å². The maximum Gasteiger partial charge on any atom is 0.520 e. The fourth-order valence-corrected chi connectivity index (χ4v) is 10.5. The van der Waals surface area contributed by atoms with Crippen LogP contribution in [-0.4, -0.2) is 187 Å². The maximum atomic E-state index is 12.2. The van der Waals surface area contributed by atoms with Crippen LogP contribution >= 0.6 is 0 Å². The second-order valence-electron chi connectivity index (χ2n) is 21.1. The van der Waals surface area contributed by atoms with E-state index in [4.69, 9.17) is 28.1 Å². The fraction of sp³-hybridized carbons (Fsp3) is 0.355. The van der Waals surface area contributed by atoms with Gasteiger partial charge in [-0.2, -0.15) is 28.5 Å². The maximum absolute atomic E-state index is 12.2. The van der Waals surface area contributed by atoms with Gasteiger partial charge in [-0.1, -0.05) is 54.3 Å². The lowest BCUT2D eigenvalue weighted by Gasteiger charge is -2.39. The standard InChI is InChI=1S/C62H71BN4O12S2/c1-49-47-57(31-25-53-21-17-51(18-22-53)15-9-35-66(3,4)37-13-45-80(70,71)72)64-60(49)59(55-27-29-56(30-28-55)62(68)69)61-50(2)48-58(65(61)63(64,33-11-39-78-43-41-76-7)34-12-40-79-44-42-77-8)32-26-54-23-19-52(20-24-54)16-10-36-67(5,6)38-14-46-81(73,74)75/h17-32,47-48H,13-14,35-46H2,1-8H3,(H-2,68,69,70,71,72,73,74,75)/p+2/b31-25+,32-26+. The molecule has 426 valence electrons. The van der Waals surface area contributed by atoms with Crippen molar-refractivity contribution in [1.82, 2.24) is 4.48 Å². The third kappa shape index (κ3) is 18.5. The molecule has 3 heterocycles. The first-order valence-electron chi connectivity index (χ1n) is 26.5. The van der Waals surface area contributed by atoms with Gasteiger partial charge in [-0.3, -0.25) is 9.11 Å². The largest absolute Gasteiger partial charge is 0.520 e. The number of aromatic nitrogens is 1. The number of carboxylic acid groups (broad SMARTS) is 1. The molecule has 4 aromatic rings. The molecule has 81 heavy (non-hydrogen) atoms. The van der Waals surface area contributed by atoms with Crippen molar-refractivity contribution in [2.45, 2.75) is 26.7 Å². The number of methoxy groups -OCH3 is 2. The van der Waals surface area contributed by atoms with Crippen molar-refractivity contribution in [3.8, 4) is 47.2 Å². The third-order valence-electron chi connectivity index (χ3n) is 13.5. The van der Waals surface area contributed by atoms with Gasteiger partial charge in [0.05, 0.1) is 90.3 Å². The summed E-state index contributed by atoms with van der Waals surface area (Å²) in [4.78, 5) is 12.2. The number of nitrogens with zero attached hydrogens (tertiary/aromatic N) is 4. The highest BCUT2D eigenvalue weighted by Gasteiger charge is 2.51. The number of fused-ring (bicyclic) bond motifs is 2. The highest BCUT2D eigenvalue weighted by Crippen LogP contribution is 2.44. The molecule has 0 spiro atoms. The van der Waals surface area contributed by atoms with E-state index in [2.05, 4.69) is 82.1 Å². The Morgan fingerprint density at radius 2 is 1.15 bits per heavy atom. The molecule has 1 aromatic heterocycles. The van der Waals surface area contributed by atoms with Gasteiger partial charge in [-0.25, -0.2) is 4.79 Å². The summed E-state index contributed by atoms with van der Waals surface area (Å²) in [6, 6.07) is 24.8. The fourth-order valence-electron chi connectivity index (χ4n) is 9.47. The zero-order valence-corrected chi connectivity index (χ0v) is 49.1. The molecule has 0 aliphatic carbocycles. The van der Waals surface area contributed by atoms with Crippen LogP contribution in [0.2, 0.25) is 0 Å². The number of benzene rings is 3. The minimum Gasteiger partial charge on any atom is -0.478 e. The summed E-state index contributed by atoms with van der Waals surface area (Å²) < 4.78 is 91.2. The Hall–Kier alpha value is -7.08. The minimum absolute atomic E-state index is 0.0905. The van der Waals surface area contributed by atoms with E-state index in [0.717, 1.165) is 67.3 Å². The molecule has 0 radical (unpaired) electrons. The highest BCUT2D eigenvalue weighted by atomic mass is 32.2. The van der Waals surface area contributed by atoms with Crippen molar-refractivity contribution in [2.24, 2.45) is 0 Å². The van der Waals surface area contributed by atoms with Crippen molar-refractivity contribution in [3.63, 3.8) is 0 Å². The Kier molecular flexibility index (Phi) is 22.3. The Morgan fingerprint density at radius 1 is 0.667 bits per heavy atom. The molecule has 2 aliphatic rings. The Bertz CT molecular complexity index is 3560. The van der Waals surface area contributed by atoms with E-state index in [1.807, 2.05) is 113 Å². The van der Waals surface area contributed by atoms with E-state index in [-0.39, 0.29) is 30.3 Å². The van der Waals surface area contributed by atoms with Crippen molar-refractivity contribution >= 4 is 62.1 Å². The molecule has 19 heteroatoms. The van der Waals surface area contributed by atoms with Gasteiger partial charge < -0.3 is 42.0 Å². The molecule has 0 atom stereocenters. The lowest BCUT2D eigenvalue weighted by atomic mass is 9.45. The molecule has 0 fully saturated rings. The van der Waals surface area contributed by atoms with Gasteiger partial charge in [0.15, 0.2) is 11.4 Å². The van der Waals surface area contributed by atoms with Gasteiger partial charge >= 0.3 is 12.4 Å². The number of allylic oxidation sites excluding steroid dienone is 3. The smallest absolute Gasteiger partial charge is 0.478 e. The summed E-state index contributed by atoms with van der Waals surface area (Å²) in [5.74, 6) is 25.4. The average Bonchev–Trinajstić information content (AvgIpc) is 4.18. The molecule has 3 N–H and O–H groups in total. The number of carboxylic acids is 1. The highest BCUT2D eigenvalue weighted by molar-refractivity contribution is 7.86. The summed E-state index contributed by atoms with van der Waals surface area (Å²) >= 11 is 0. The van der Waals surface area contributed by atoms with Crippen molar-refractivity contribution < 1.29 is 68.2 Å². The van der Waals surface area contributed by atoms with Gasteiger partial charge in [0, 0.05) is 67.3 Å². The zero-order valence-electron chi connectivity index (χ0n) is 47.5. The van der Waals surface area contributed by atoms with Crippen LogP contribution < -0.4 is 0 Å². The summed E-state index contributed by atoms with van der Waals surface area (Å²) in [7, 11) is 3.03. The van der Waals surface area contributed by atoms with E-state index >= 15 is 0 Å². The topological polar surface area (TPSA) is 191 Å². The molecule has 16 nitrogen and oxygen atoms in total. The van der Waals surface area contributed by atoms with E-state index in [1.54, 1.807) is 26.4 Å². The first-order chi connectivity index (χ1) is 38.4. The molecular weight excluding hydrogens is 1070 g/mol. The molecular formula is C62H73BN4O12S2+2. The normalized spacial score (nSPS) is 14.1. The van der Waals surface area contributed by atoms with E-state index < -0.39 is 32.6 Å². The van der Waals surface area contributed by atoms with Crippen LogP contribution in [0.1, 0.15) is 74.9 Å². The van der Waals surface area contributed by atoms with Crippen molar-refractivity contribution in [2.75, 3.05) is 120 Å². The number of quaternary nitrogens is 2. The molecule has 0 unspecified atom stereocenters. The number of rotatable bonds is 24. The van der Waals surface area contributed by atoms with Crippen molar-refractivity contribution in [1.29, 1.82) is 0 Å². The molecule has 2 aliphatic heterocycles. The van der Waals surface area contributed by atoms with Gasteiger partial charge in [-0.15, -0.1) is 11.8 Å². The van der Waals surface area contributed by atoms with Crippen LogP contribution in [0.4, 0.5) is 0 Å². The first kappa shape index (κ1) is 63.1. The number of carbonyl (C=O) groups is 1. The predicted octanol–water partition coefficient (Wildman–Crippen LogP) is 6.68. The third-order valence-corrected chi connectivity index (χ3v) is 15.1. The van der Waals surface area contributed by atoms with Gasteiger partial charge in [-0.05, 0) is 103 Å². The molecule has 0 saturated heterocycles. The van der Waals surface area contributed by atoms with Crippen LogP contribution in [0.5, 0.6) is 0 Å². The molecule has 0 bridgehead atoms. The van der Waals surface area contributed by atoms with E-state index in [0.29, 0.717) is 74.4 Å². The number of hydrogen-bond acceptors (Lipinski definition) is 9. The van der Waals surface area contributed by atoms with Crippen LogP contribution in [0, 0.1) is 54.1 Å². The summed E-state index contributed by atoms with van der Waals surface area (Å²) in [5, 5.41) is 9.98. The minimum atomic E-state index is -4.03. The number of hydrogen-bond donors (Lipinski definition) is 3. The van der Waals surface area contributed by atoms with E-state index in [1.165, 1.54) is 0 Å². The number of ether oxygens (including phenoxy) is 4. The summed E-state index contributed by atoms with van der Waals surface area (Å²) in [5.41, 5.74) is 10.4. The second kappa shape index (κ2) is 28.6. The monoisotopic (exact) mass is 1140 g/mol. The van der Waals surface area contributed by atoms with Gasteiger partial charge in [0.25, 0.3) is 20.2 Å². The van der Waals surface area contributed by atoms with Crippen molar-refractivity contribution in [3.05, 3.63) is 153 Å². The molecule has 6 rings (SSSR count). The molecule has 0 amide bonds. The SMILES string of the molecule is COCCOCC#C[B-]1(C#CCOCCOC)n2c(/C=C/c3ccc(C#CC[N+](C)(C)CCCS(=O)(=O)O)cc3)cc(C)c2C(c2ccc(C(=O)O)cc2)=C2C(C)=CC(/C=C/c3ccc(C#CC[N+](C)(C)CCCS(=O)(=O)O)cc3)=[N+]21. The number of aryl methyl sites for hydroxylation is 1. The average molecular weight is 1140 g/mol. The van der Waals surface area contributed by atoms with Crippen LogP contribution in [0.15, 0.2) is 102 Å². The quantitative estimate of drug-likeness (QED) is 0.0222. The first-order valence-corrected chi connectivity index (χ1v) is 29.7. The Labute approximate surface area is 478 Å². The van der Waals surface area contributed by atoms with Crippen LogP contribution in [0.25, 0.3) is 23.8 Å². The predicted molar refractivity (Wildman–Crippen MR) is 320 cm³/mol. The van der Waals surface area contributed by atoms with E-state index in [9.17, 15) is 26.7 Å². The molecule has 3 aromatic carbocycles. The second-order valence-corrected chi connectivity index (χ2v) is 24.3. The van der Waals surface area contributed by atoms with Gasteiger partial charge in [0.1, 0.15) is 26.3 Å². The van der Waals surface area contributed by atoms with Gasteiger partial charge in [0.2, 0.25) is 0 Å².